The molecule has 0 aliphatic heterocycles. The highest BCUT2D eigenvalue weighted by Gasteiger charge is 2.31. The third kappa shape index (κ3) is 2.95. The van der Waals surface area contributed by atoms with Crippen LogP contribution in [0.15, 0.2) is 54.6 Å². The number of anilines is 2. The van der Waals surface area contributed by atoms with Crippen molar-refractivity contribution in [2.45, 2.75) is 26.7 Å². The fourth-order valence-electron chi connectivity index (χ4n) is 3.40. The van der Waals surface area contributed by atoms with Crippen molar-refractivity contribution in [1.82, 2.24) is 9.78 Å². The summed E-state index contributed by atoms with van der Waals surface area (Å²) in [5, 5.41) is 8.09. The number of hydrogen-bond donors (Lipinski definition) is 1. The molecule has 0 radical (unpaired) electrons. The molecule has 1 atom stereocenters. The van der Waals surface area contributed by atoms with Gasteiger partial charge in [-0.25, -0.2) is 4.68 Å². The second kappa shape index (κ2) is 6.20. The standard InChI is InChI=1S/C21H21N3O/c1-14-8-10-16(11-9-14)22-21-20-18(12-15(2)13-19(20)25)24(23-21)17-6-4-3-5-7-17/h3-11,15H,12-13H2,1-2H3,(H,22,23). The summed E-state index contributed by atoms with van der Waals surface area (Å²) >= 11 is 0. The van der Waals surface area contributed by atoms with E-state index in [0.717, 1.165) is 29.1 Å². The van der Waals surface area contributed by atoms with E-state index in [1.54, 1.807) is 0 Å². The van der Waals surface area contributed by atoms with E-state index in [-0.39, 0.29) is 5.78 Å². The summed E-state index contributed by atoms with van der Waals surface area (Å²) in [6, 6.07) is 18.1. The topological polar surface area (TPSA) is 46.9 Å². The molecule has 1 heterocycles. The SMILES string of the molecule is Cc1ccc(Nc2nn(-c3ccccc3)c3c2C(=O)CC(C)C3)cc1. The van der Waals surface area contributed by atoms with E-state index in [0.29, 0.717) is 18.2 Å². The van der Waals surface area contributed by atoms with E-state index in [2.05, 4.69) is 19.2 Å². The summed E-state index contributed by atoms with van der Waals surface area (Å²) in [4.78, 5) is 12.7. The Bertz CT molecular complexity index is 910. The molecule has 4 nitrogen and oxygen atoms in total. The highest BCUT2D eigenvalue weighted by molar-refractivity contribution is 6.03. The van der Waals surface area contributed by atoms with Crippen LogP contribution in [0.4, 0.5) is 11.5 Å². The largest absolute Gasteiger partial charge is 0.338 e. The number of para-hydroxylation sites is 1. The number of nitrogens with zero attached hydrogens (tertiary/aromatic N) is 2. The molecule has 4 heteroatoms. The predicted octanol–water partition coefficient (Wildman–Crippen LogP) is 4.69. The Kier molecular flexibility index (Phi) is 3.88. The van der Waals surface area contributed by atoms with Crippen molar-refractivity contribution < 1.29 is 4.79 Å². The molecule has 3 aromatic rings. The minimum atomic E-state index is 0.172. The van der Waals surface area contributed by atoms with Crippen molar-refractivity contribution in [2.75, 3.05) is 5.32 Å². The molecule has 1 aliphatic rings. The Morgan fingerprint density at radius 3 is 2.48 bits per heavy atom. The third-order valence-corrected chi connectivity index (χ3v) is 4.65. The van der Waals surface area contributed by atoms with Crippen molar-refractivity contribution in [1.29, 1.82) is 0 Å². The zero-order valence-electron chi connectivity index (χ0n) is 14.5. The van der Waals surface area contributed by atoms with E-state index < -0.39 is 0 Å². The van der Waals surface area contributed by atoms with Gasteiger partial charge in [-0.3, -0.25) is 4.79 Å². The van der Waals surface area contributed by atoms with Gasteiger partial charge in [-0.05, 0) is 43.5 Å². The number of carbonyl (C=O) groups excluding carboxylic acids is 1. The fourth-order valence-corrected chi connectivity index (χ4v) is 3.40. The van der Waals surface area contributed by atoms with Gasteiger partial charge in [-0.1, -0.05) is 42.8 Å². The molecular formula is C21H21N3O. The van der Waals surface area contributed by atoms with Gasteiger partial charge >= 0.3 is 0 Å². The van der Waals surface area contributed by atoms with Gasteiger partial charge in [-0.15, -0.1) is 5.10 Å². The van der Waals surface area contributed by atoms with E-state index in [1.807, 2.05) is 59.3 Å². The smallest absolute Gasteiger partial charge is 0.168 e. The zero-order chi connectivity index (χ0) is 17.4. The van der Waals surface area contributed by atoms with Crippen LogP contribution < -0.4 is 5.32 Å². The van der Waals surface area contributed by atoms with Gasteiger partial charge < -0.3 is 5.32 Å². The van der Waals surface area contributed by atoms with E-state index in [1.165, 1.54) is 5.56 Å². The lowest BCUT2D eigenvalue weighted by Gasteiger charge is -2.19. The highest BCUT2D eigenvalue weighted by atomic mass is 16.1. The minimum Gasteiger partial charge on any atom is -0.338 e. The second-order valence-corrected chi connectivity index (χ2v) is 6.85. The molecule has 0 spiro atoms. The van der Waals surface area contributed by atoms with Crippen LogP contribution in [0.25, 0.3) is 5.69 Å². The molecule has 2 aromatic carbocycles. The van der Waals surface area contributed by atoms with E-state index in [4.69, 9.17) is 5.10 Å². The summed E-state index contributed by atoms with van der Waals surface area (Å²) in [7, 11) is 0. The Labute approximate surface area is 147 Å². The Balaban J connectivity index is 1.82. The molecule has 0 bridgehead atoms. The summed E-state index contributed by atoms with van der Waals surface area (Å²) in [6.07, 6.45) is 1.44. The number of carbonyl (C=O) groups is 1. The van der Waals surface area contributed by atoms with Crippen LogP contribution in [-0.4, -0.2) is 15.6 Å². The molecule has 1 aliphatic carbocycles. The molecular weight excluding hydrogens is 310 g/mol. The minimum absolute atomic E-state index is 0.172. The monoisotopic (exact) mass is 331 g/mol. The van der Waals surface area contributed by atoms with Crippen molar-refractivity contribution in [3.8, 4) is 5.69 Å². The number of Topliss-reactive ketones (excluding diaryl/α,β-unsaturated/α-hetero) is 1. The Morgan fingerprint density at radius 1 is 1.04 bits per heavy atom. The fraction of sp³-hybridized carbons (Fsp3) is 0.238. The van der Waals surface area contributed by atoms with Crippen LogP contribution in [0.3, 0.4) is 0 Å². The number of ketones is 1. The molecule has 0 saturated carbocycles. The zero-order valence-corrected chi connectivity index (χ0v) is 14.5. The maximum absolute atomic E-state index is 12.7. The maximum atomic E-state index is 12.7. The molecule has 1 N–H and O–H groups in total. The summed E-state index contributed by atoms with van der Waals surface area (Å²) in [6.45, 7) is 4.18. The van der Waals surface area contributed by atoms with E-state index >= 15 is 0 Å². The molecule has 0 fully saturated rings. The first-order chi connectivity index (χ1) is 12.1. The summed E-state index contributed by atoms with van der Waals surface area (Å²) in [5.41, 5.74) is 4.87. The molecule has 25 heavy (non-hydrogen) atoms. The number of hydrogen-bond acceptors (Lipinski definition) is 3. The predicted molar refractivity (Wildman–Crippen MR) is 99.8 cm³/mol. The lowest BCUT2D eigenvalue weighted by molar-refractivity contribution is 0.0953. The van der Waals surface area contributed by atoms with Crippen LogP contribution in [-0.2, 0) is 6.42 Å². The van der Waals surface area contributed by atoms with Gasteiger partial charge in [-0.2, -0.15) is 0 Å². The van der Waals surface area contributed by atoms with Crippen LogP contribution in [0, 0.1) is 12.8 Å². The van der Waals surface area contributed by atoms with Crippen LogP contribution >= 0.6 is 0 Å². The molecule has 0 amide bonds. The molecule has 1 unspecified atom stereocenters. The molecule has 1 aromatic heterocycles. The maximum Gasteiger partial charge on any atom is 0.168 e. The van der Waals surface area contributed by atoms with Crippen molar-refractivity contribution in [3.63, 3.8) is 0 Å². The quantitative estimate of drug-likeness (QED) is 0.757. The summed E-state index contributed by atoms with van der Waals surface area (Å²) < 4.78 is 1.92. The van der Waals surface area contributed by atoms with Gasteiger partial charge in [0, 0.05) is 12.1 Å². The normalized spacial score (nSPS) is 16.6. The first-order valence-electron chi connectivity index (χ1n) is 8.66. The van der Waals surface area contributed by atoms with Gasteiger partial charge in [0.05, 0.1) is 16.9 Å². The van der Waals surface area contributed by atoms with Crippen LogP contribution in [0.1, 0.15) is 35.0 Å². The Morgan fingerprint density at radius 2 is 1.76 bits per heavy atom. The van der Waals surface area contributed by atoms with Gasteiger partial charge in [0.1, 0.15) is 0 Å². The molecule has 0 saturated heterocycles. The van der Waals surface area contributed by atoms with Gasteiger partial charge in [0.2, 0.25) is 0 Å². The number of fused-ring (bicyclic) bond motifs is 1. The average molecular weight is 331 g/mol. The van der Waals surface area contributed by atoms with Crippen LogP contribution in [0.5, 0.6) is 0 Å². The first kappa shape index (κ1) is 15.6. The third-order valence-electron chi connectivity index (χ3n) is 4.65. The van der Waals surface area contributed by atoms with E-state index in [9.17, 15) is 4.79 Å². The number of benzene rings is 2. The summed E-state index contributed by atoms with van der Waals surface area (Å²) in [5.74, 6) is 1.16. The first-order valence-corrected chi connectivity index (χ1v) is 8.66. The van der Waals surface area contributed by atoms with Gasteiger partial charge in [0.25, 0.3) is 0 Å². The van der Waals surface area contributed by atoms with Gasteiger partial charge in [0.15, 0.2) is 11.6 Å². The van der Waals surface area contributed by atoms with Crippen molar-refractivity contribution >= 4 is 17.3 Å². The average Bonchev–Trinajstić information content (AvgIpc) is 2.96. The number of nitrogens with one attached hydrogen (secondary N) is 1. The lowest BCUT2D eigenvalue weighted by Crippen LogP contribution is -2.19. The lowest BCUT2D eigenvalue weighted by atomic mass is 9.87. The number of rotatable bonds is 3. The highest BCUT2D eigenvalue weighted by Crippen LogP contribution is 2.33. The molecule has 4 rings (SSSR count). The second-order valence-electron chi connectivity index (χ2n) is 6.85. The van der Waals surface area contributed by atoms with Crippen LogP contribution in [0.2, 0.25) is 0 Å². The number of aromatic nitrogens is 2. The number of aryl methyl sites for hydroxylation is 1. The Hall–Kier alpha value is -2.88. The molecule has 126 valence electrons. The van der Waals surface area contributed by atoms with Crippen molar-refractivity contribution in [2.24, 2.45) is 5.92 Å². The van der Waals surface area contributed by atoms with Crippen molar-refractivity contribution in [3.05, 3.63) is 71.4 Å².